The number of aromatic nitrogens is 3. The number of hydrogen-bond acceptors (Lipinski definition) is 6. The molecule has 176 valence electrons. The molecule has 0 spiro atoms. The molecule has 0 unspecified atom stereocenters. The molecule has 4 aromatic rings. The average molecular weight is 459 g/mol. The molecular weight excluding hydrogens is 428 g/mol. The predicted molar refractivity (Wildman–Crippen MR) is 133 cm³/mol. The molecule has 34 heavy (non-hydrogen) atoms. The lowest BCUT2D eigenvalue weighted by Crippen LogP contribution is -2.11. The highest BCUT2D eigenvalue weighted by Crippen LogP contribution is 2.26. The number of ether oxygens (including phenoxy) is 2. The van der Waals surface area contributed by atoms with Gasteiger partial charge in [-0.05, 0) is 51.0 Å². The summed E-state index contributed by atoms with van der Waals surface area (Å²) in [6.45, 7) is 7.38. The van der Waals surface area contributed by atoms with Crippen molar-refractivity contribution in [2.24, 2.45) is 0 Å². The maximum atomic E-state index is 12.2. The van der Waals surface area contributed by atoms with Crippen LogP contribution in [0.1, 0.15) is 39.7 Å². The Kier molecular flexibility index (Phi) is 7.11. The van der Waals surface area contributed by atoms with Gasteiger partial charge in [0.05, 0.1) is 42.6 Å². The van der Waals surface area contributed by atoms with Crippen LogP contribution in [0.4, 0.5) is 5.95 Å². The first-order valence-electron chi connectivity index (χ1n) is 11.5. The number of nitrogens with zero attached hydrogens (tertiary/aromatic N) is 3. The van der Waals surface area contributed by atoms with Crippen LogP contribution in [0.3, 0.4) is 0 Å². The summed E-state index contributed by atoms with van der Waals surface area (Å²) in [5.74, 6) is 1.24. The first kappa shape index (κ1) is 23.3. The van der Waals surface area contributed by atoms with Crippen molar-refractivity contribution in [1.82, 2.24) is 14.5 Å². The molecule has 0 bridgehead atoms. The van der Waals surface area contributed by atoms with E-state index in [0.717, 1.165) is 52.5 Å². The van der Waals surface area contributed by atoms with Crippen LogP contribution < -0.4 is 10.1 Å². The van der Waals surface area contributed by atoms with E-state index in [9.17, 15) is 4.79 Å². The SMILES string of the molecule is CCOC(=O)c1ccc2c(c1)nc(NCc1ncc(C)c(OC)c1C)n2CCc1ccccc1. The number of aryl methyl sites for hydroxylation is 3. The highest BCUT2D eigenvalue weighted by molar-refractivity contribution is 5.94. The second-order valence-corrected chi connectivity index (χ2v) is 8.15. The van der Waals surface area contributed by atoms with Crippen LogP contribution >= 0.6 is 0 Å². The number of pyridine rings is 1. The highest BCUT2D eigenvalue weighted by atomic mass is 16.5. The number of methoxy groups -OCH3 is 1. The molecule has 0 saturated heterocycles. The predicted octanol–water partition coefficient (Wildman–Crippen LogP) is 5.09. The first-order valence-corrected chi connectivity index (χ1v) is 11.5. The molecule has 7 nitrogen and oxygen atoms in total. The Morgan fingerprint density at radius 1 is 1.12 bits per heavy atom. The smallest absolute Gasteiger partial charge is 0.338 e. The summed E-state index contributed by atoms with van der Waals surface area (Å²) in [5.41, 5.74) is 6.35. The lowest BCUT2D eigenvalue weighted by molar-refractivity contribution is 0.0526. The van der Waals surface area contributed by atoms with E-state index < -0.39 is 0 Å². The third kappa shape index (κ3) is 4.88. The number of esters is 1. The summed E-state index contributed by atoms with van der Waals surface area (Å²) < 4.78 is 12.9. The molecule has 2 aromatic carbocycles. The monoisotopic (exact) mass is 458 g/mol. The van der Waals surface area contributed by atoms with Gasteiger partial charge >= 0.3 is 5.97 Å². The fourth-order valence-corrected chi connectivity index (χ4v) is 4.13. The molecule has 0 atom stereocenters. The van der Waals surface area contributed by atoms with Crippen LogP contribution in [0.25, 0.3) is 11.0 Å². The molecule has 2 heterocycles. The average Bonchev–Trinajstić information content (AvgIpc) is 3.20. The van der Waals surface area contributed by atoms with Crippen molar-refractivity contribution >= 4 is 23.0 Å². The Morgan fingerprint density at radius 3 is 2.65 bits per heavy atom. The summed E-state index contributed by atoms with van der Waals surface area (Å²) in [4.78, 5) is 21.6. The Balaban J connectivity index is 1.66. The molecule has 0 radical (unpaired) electrons. The van der Waals surface area contributed by atoms with Gasteiger partial charge in [-0.15, -0.1) is 0 Å². The van der Waals surface area contributed by atoms with Crippen molar-refractivity contribution in [3.05, 3.63) is 82.7 Å². The molecule has 0 saturated carbocycles. The van der Waals surface area contributed by atoms with Crippen molar-refractivity contribution in [1.29, 1.82) is 0 Å². The Morgan fingerprint density at radius 2 is 1.91 bits per heavy atom. The molecule has 0 aliphatic heterocycles. The topological polar surface area (TPSA) is 78.3 Å². The number of fused-ring (bicyclic) bond motifs is 1. The summed E-state index contributed by atoms with van der Waals surface area (Å²) >= 11 is 0. The zero-order chi connectivity index (χ0) is 24.1. The van der Waals surface area contributed by atoms with E-state index in [0.29, 0.717) is 18.7 Å². The lowest BCUT2D eigenvalue weighted by atomic mass is 10.1. The second-order valence-electron chi connectivity index (χ2n) is 8.15. The van der Waals surface area contributed by atoms with Gasteiger partial charge in [-0.25, -0.2) is 9.78 Å². The van der Waals surface area contributed by atoms with Crippen LogP contribution in [-0.4, -0.2) is 34.2 Å². The third-order valence-corrected chi connectivity index (χ3v) is 5.89. The number of carbonyl (C=O) groups excluding carboxylic acids is 1. The van der Waals surface area contributed by atoms with Gasteiger partial charge in [-0.3, -0.25) is 4.98 Å². The van der Waals surface area contributed by atoms with Crippen LogP contribution in [0.5, 0.6) is 5.75 Å². The minimum atomic E-state index is -0.343. The van der Waals surface area contributed by atoms with Gasteiger partial charge in [0.15, 0.2) is 0 Å². The van der Waals surface area contributed by atoms with Crippen LogP contribution in [-0.2, 0) is 24.2 Å². The van der Waals surface area contributed by atoms with Crippen LogP contribution in [0, 0.1) is 13.8 Å². The normalized spacial score (nSPS) is 10.9. The highest BCUT2D eigenvalue weighted by Gasteiger charge is 2.16. The molecule has 4 rings (SSSR count). The van der Waals surface area contributed by atoms with Gasteiger partial charge in [-0.1, -0.05) is 30.3 Å². The van der Waals surface area contributed by atoms with Crippen molar-refractivity contribution in [2.75, 3.05) is 19.0 Å². The van der Waals surface area contributed by atoms with Crippen molar-refractivity contribution in [3.8, 4) is 5.75 Å². The molecule has 0 fully saturated rings. The Labute approximate surface area is 199 Å². The molecule has 0 aliphatic carbocycles. The zero-order valence-corrected chi connectivity index (χ0v) is 20.1. The van der Waals surface area contributed by atoms with Crippen molar-refractivity contribution in [3.63, 3.8) is 0 Å². The summed E-state index contributed by atoms with van der Waals surface area (Å²) in [5, 5.41) is 3.46. The van der Waals surface area contributed by atoms with Gasteiger partial charge in [0.25, 0.3) is 0 Å². The van der Waals surface area contributed by atoms with Crippen LogP contribution in [0.2, 0.25) is 0 Å². The van der Waals surface area contributed by atoms with Crippen molar-refractivity contribution < 1.29 is 14.3 Å². The minimum Gasteiger partial charge on any atom is -0.496 e. The Bertz CT molecular complexity index is 1300. The van der Waals surface area contributed by atoms with Gasteiger partial charge in [0.1, 0.15) is 5.75 Å². The standard InChI is InChI=1S/C27H30N4O3/c1-5-34-26(32)21-11-12-24-22(15-21)30-27(31(24)14-13-20-9-7-6-8-10-20)29-17-23-19(3)25(33-4)18(2)16-28-23/h6-12,15-16H,5,13-14,17H2,1-4H3,(H,29,30). The van der Waals surface area contributed by atoms with E-state index >= 15 is 0 Å². The Hall–Kier alpha value is -3.87. The van der Waals surface area contributed by atoms with E-state index in [1.807, 2.05) is 44.3 Å². The van der Waals surface area contributed by atoms with Gasteiger partial charge in [0, 0.05) is 23.9 Å². The third-order valence-electron chi connectivity index (χ3n) is 5.89. The molecule has 0 amide bonds. The maximum absolute atomic E-state index is 12.2. The van der Waals surface area contributed by atoms with E-state index in [1.54, 1.807) is 26.2 Å². The van der Waals surface area contributed by atoms with Gasteiger partial charge < -0.3 is 19.4 Å². The fourth-order valence-electron chi connectivity index (χ4n) is 4.13. The minimum absolute atomic E-state index is 0.335. The number of imidazole rings is 1. The largest absolute Gasteiger partial charge is 0.496 e. The van der Waals surface area contributed by atoms with Gasteiger partial charge in [-0.2, -0.15) is 0 Å². The van der Waals surface area contributed by atoms with E-state index in [4.69, 9.17) is 14.5 Å². The number of rotatable bonds is 9. The summed E-state index contributed by atoms with van der Waals surface area (Å²) in [6, 6.07) is 15.9. The fraction of sp³-hybridized carbons (Fsp3) is 0.296. The van der Waals surface area contributed by atoms with E-state index in [-0.39, 0.29) is 5.97 Å². The van der Waals surface area contributed by atoms with E-state index in [1.165, 1.54) is 5.56 Å². The first-order chi connectivity index (χ1) is 16.5. The van der Waals surface area contributed by atoms with Crippen molar-refractivity contribution in [2.45, 2.75) is 40.3 Å². The quantitative estimate of drug-likeness (QED) is 0.352. The number of hydrogen-bond donors (Lipinski definition) is 1. The lowest BCUT2D eigenvalue weighted by Gasteiger charge is -2.14. The summed E-state index contributed by atoms with van der Waals surface area (Å²) in [6.07, 6.45) is 2.68. The molecule has 1 N–H and O–H groups in total. The number of carbonyl (C=O) groups is 1. The molecule has 7 heteroatoms. The van der Waals surface area contributed by atoms with Gasteiger partial charge in [0.2, 0.25) is 5.95 Å². The zero-order valence-electron chi connectivity index (χ0n) is 20.1. The molecule has 2 aromatic heterocycles. The number of anilines is 1. The van der Waals surface area contributed by atoms with E-state index in [2.05, 4.69) is 27.0 Å². The number of benzene rings is 2. The molecular formula is C27H30N4O3. The number of nitrogens with one attached hydrogen (secondary N) is 1. The van der Waals surface area contributed by atoms with Crippen LogP contribution in [0.15, 0.2) is 54.7 Å². The summed E-state index contributed by atoms with van der Waals surface area (Å²) in [7, 11) is 1.68. The second kappa shape index (κ2) is 10.4. The molecule has 0 aliphatic rings. The maximum Gasteiger partial charge on any atom is 0.338 e.